The first-order chi connectivity index (χ1) is 16.1. The predicted octanol–water partition coefficient (Wildman–Crippen LogP) is 5.11. The van der Waals surface area contributed by atoms with Gasteiger partial charge in [0.05, 0.1) is 12.6 Å². The van der Waals surface area contributed by atoms with Crippen molar-refractivity contribution in [3.8, 4) is 16.9 Å². The van der Waals surface area contributed by atoms with Crippen molar-refractivity contribution in [2.24, 2.45) is 0 Å². The van der Waals surface area contributed by atoms with Crippen LogP contribution < -0.4 is 15.0 Å². The standard InChI is InChI=1S/C27H29N5O/c1-19-7-10-22(17-25(19)32-15-13-31(2)14-16-32)29-27-28-18-21-5-4-6-24(26(21)30-27)20-8-11-23(33-3)12-9-20/h4-12,17-18H,13-16H2,1-3H3,(H,28,29,30). The molecule has 0 radical (unpaired) electrons. The van der Waals surface area contributed by atoms with E-state index in [0.717, 1.165) is 59.6 Å². The van der Waals surface area contributed by atoms with E-state index < -0.39 is 0 Å². The minimum Gasteiger partial charge on any atom is -0.497 e. The van der Waals surface area contributed by atoms with E-state index >= 15 is 0 Å². The summed E-state index contributed by atoms with van der Waals surface area (Å²) in [5, 5.41) is 4.44. The van der Waals surface area contributed by atoms with Crippen molar-refractivity contribution in [3.63, 3.8) is 0 Å². The molecule has 0 atom stereocenters. The topological polar surface area (TPSA) is 53.5 Å². The maximum atomic E-state index is 5.30. The van der Waals surface area contributed by atoms with E-state index in [1.807, 2.05) is 30.5 Å². The summed E-state index contributed by atoms with van der Waals surface area (Å²) < 4.78 is 5.30. The molecule has 0 aliphatic carbocycles. The fourth-order valence-corrected chi connectivity index (χ4v) is 4.32. The van der Waals surface area contributed by atoms with Gasteiger partial charge in [0, 0.05) is 54.7 Å². The predicted molar refractivity (Wildman–Crippen MR) is 136 cm³/mol. The molecule has 2 heterocycles. The molecule has 6 nitrogen and oxygen atoms in total. The zero-order valence-electron chi connectivity index (χ0n) is 19.4. The van der Waals surface area contributed by atoms with Crippen LogP contribution in [0.4, 0.5) is 17.3 Å². The lowest BCUT2D eigenvalue weighted by molar-refractivity contribution is 0.312. The molecule has 0 spiro atoms. The lowest BCUT2D eigenvalue weighted by Crippen LogP contribution is -2.44. The third-order valence-corrected chi connectivity index (χ3v) is 6.32. The van der Waals surface area contributed by atoms with Crippen LogP contribution in [0.3, 0.4) is 0 Å². The summed E-state index contributed by atoms with van der Waals surface area (Å²) in [4.78, 5) is 14.3. The van der Waals surface area contributed by atoms with Crippen molar-refractivity contribution >= 4 is 28.2 Å². The Morgan fingerprint density at radius 2 is 1.73 bits per heavy atom. The van der Waals surface area contributed by atoms with Crippen LogP contribution in [0.2, 0.25) is 0 Å². The van der Waals surface area contributed by atoms with Crippen LogP contribution in [0, 0.1) is 6.92 Å². The molecule has 1 aliphatic heterocycles. The summed E-state index contributed by atoms with van der Waals surface area (Å²) in [6, 6.07) is 20.7. The number of aromatic nitrogens is 2. The highest BCUT2D eigenvalue weighted by Gasteiger charge is 2.16. The average molecular weight is 440 g/mol. The van der Waals surface area contributed by atoms with Gasteiger partial charge in [-0.2, -0.15) is 0 Å². The summed E-state index contributed by atoms with van der Waals surface area (Å²) >= 11 is 0. The molecule has 1 saturated heterocycles. The number of rotatable bonds is 5. The van der Waals surface area contributed by atoms with E-state index in [4.69, 9.17) is 9.72 Å². The Kier molecular flexibility index (Phi) is 5.84. The number of hydrogen-bond acceptors (Lipinski definition) is 6. The lowest BCUT2D eigenvalue weighted by atomic mass is 10.0. The normalized spacial score (nSPS) is 14.5. The van der Waals surface area contributed by atoms with Crippen LogP contribution in [0.1, 0.15) is 5.56 Å². The van der Waals surface area contributed by atoms with Crippen LogP contribution in [0.15, 0.2) is 66.9 Å². The van der Waals surface area contributed by atoms with E-state index in [0.29, 0.717) is 5.95 Å². The summed E-state index contributed by atoms with van der Waals surface area (Å²) in [6.07, 6.45) is 1.88. The number of hydrogen-bond donors (Lipinski definition) is 1. The molecular weight excluding hydrogens is 410 g/mol. The number of fused-ring (bicyclic) bond motifs is 1. The second kappa shape index (κ2) is 9.08. The van der Waals surface area contributed by atoms with Gasteiger partial charge in [0.2, 0.25) is 5.95 Å². The highest BCUT2D eigenvalue weighted by Crippen LogP contribution is 2.30. The molecule has 6 heteroatoms. The molecule has 1 N–H and O–H groups in total. The zero-order valence-corrected chi connectivity index (χ0v) is 19.4. The third-order valence-electron chi connectivity index (χ3n) is 6.32. The van der Waals surface area contributed by atoms with Gasteiger partial charge in [-0.15, -0.1) is 0 Å². The average Bonchev–Trinajstić information content (AvgIpc) is 2.85. The molecular formula is C27H29N5O. The number of nitrogens with zero attached hydrogens (tertiary/aromatic N) is 4. The Balaban J connectivity index is 1.45. The van der Waals surface area contributed by atoms with Gasteiger partial charge < -0.3 is 19.9 Å². The Labute approximate surface area is 194 Å². The van der Waals surface area contributed by atoms with Crippen molar-refractivity contribution in [2.75, 3.05) is 50.6 Å². The Hall–Kier alpha value is -3.64. The SMILES string of the molecule is COc1ccc(-c2cccc3cnc(Nc4ccc(C)c(N5CCN(C)CC5)c4)nc23)cc1. The molecule has 3 aromatic carbocycles. The lowest BCUT2D eigenvalue weighted by Gasteiger charge is -2.35. The molecule has 33 heavy (non-hydrogen) atoms. The van der Waals surface area contributed by atoms with Gasteiger partial charge in [0.25, 0.3) is 0 Å². The quantitative estimate of drug-likeness (QED) is 0.466. The highest BCUT2D eigenvalue weighted by molar-refractivity contribution is 5.94. The Morgan fingerprint density at radius 3 is 2.48 bits per heavy atom. The smallest absolute Gasteiger partial charge is 0.227 e. The van der Waals surface area contributed by atoms with E-state index in [-0.39, 0.29) is 0 Å². The van der Waals surface area contributed by atoms with Gasteiger partial charge >= 0.3 is 0 Å². The number of ether oxygens (including phenoxy) is 1. The number of likely N-dealkylation sites (N-methyl/N-ethyl adjacent to an activating group) is 1. The molecule has 1 fully saturated rings. The first kappa shape index (κ1) is 21.2. The van der Waals surface area contributed by atoms with Crippen molar-refractivity contribution < 1.29 is 4.74 Å². The maximum absolute atomic E-state index is 5.30. The number of aryl methyl sites for hydroxylation is 1. The van der Waals surface area contributed by atoms with Gasteiger partial charge in [-0.1, -0.05) is 36.4 Å². The molecule has 5 rings (SSSR count). The van der Waals surface area contributed by atoms with Crippen LogP contribution >= 0.6 is 0 Å². The van der Waals surface area contributed by atoms with Gasteiger partial charge in [0.1, 0.15) is 5.75 Å². The van der Waals surface area contributed by atoms with Crippen LogP contribution in [0.5, 0.6) is 5.75 Å². The number of methoxy groups -OCH3 is 1. The van der Waals surface area contributed by atoms with Crippen molar-refractivity contribution in [1.29, 1.82) is 0 Å². The molecule has 0 amide bonds. The van der Waals surface area contributed by atoms with E-state index in [1.54, 1.807) is 7.11 Å². The molecule has 0 unspecified atom stereocenters. The van der Waals surface area contributed by atoms with Crippen LogP contribution in [-0.2, 0) is 0 Å². The van der Waals surface area contributed by atoms with Gasteiger partial charge in [-0.05, 0) is 49.4 Å². The summed E-state index contributed by atoms with van der Waals surface area (Å²) in [5.41, 5.74) is 6.64. The number of nitrogens with one attached hydrogen (secondary N) is 1. The second-order valence-electron chi connectivity index (χ2n) is 8.58. The molecule has 0 saturated carbocycles. The minimum absolute atomic E-state index is 0.594. The second-order valence-corrected chi connectivity index (χ2v) is 8.58. The first-order valence-corrected chi connectivity index (χ1v) is 11.3. The minimum atomic E-state index is 0.594. The summed E-state index contributed by atoms with van der Waals surface area (Å²) in [7, 11) is 3.86. The summed E-state index contributed by atoms with van der Waals surface area (Å²) in [6.45, 7) is 6.42. The molecule has 1 aromatic heterocycles. The Bertz CT molecular complexity index is 1260. The monoisotopic (exact) mass is 439 g/mol. The number of piperazine rings is 1. The van der Waals surface area contributed by atoms with Crippen LogP contribution in [-0.4, -0.2) is 55.2 Å². The Morgan fingerprint density at radius 1 is 0.939 bits per heavy atom. The first-order valence-electron chi connectivity index (χ1n) is 11.3. The molecule has 168 valence electrons. The largest absolute Gasteiger partial charge is 0.497 e. The molecule has 4 aromatic rings. The van der Waals surface area contributed by atoms with E-state index in [9.17, 15) is 0 Å². The maximum Gasteiger partial charge on any atom is 0.227 e. The molecule has 0 bridgehead atoms. The van der Waals surface area contributed by atoms with E-state index in [2.05, 4.69) is 70.5 Å². The number of anilines is 3. The fraction of sp³-hybridized carbons (Fsp3) is 0.259. The van der Waals surface area contributed by atoms with Gasteiger partial charge in [-0.3, -0.25) is 0 Å². The number of benzene rings is 3. The van der Waals surface area contributed by atoms with Crippen molar-refractivity contribution in [3.05, 3.63) is 72.4 Å². The van der Waals surface area contributed by atoms with E-state index in [1.165, 1.54) is 11.3 Å². The number of para-hydroxylation sites is 1. The fourth-order valence-electron chi connectivity index (χ4n) is 4.32. The van der Waals surface area contributed by atoms with Crippen molar-refractivity contribution in [2.45, 2.75) is 6.92 Å². The zero-order chi connectivity index (χ0) is 22.8. The summed E-state index contributed by atoms with van der Waals surface area (Å²) in [5.74, 6) is 1.43. The third kappa shape index (κ3) is 4.47. The van der Waals surface area contributed by atoms with Crippen molar-refractivity contribution in [1.82, 2.24) is 14.9 Å². The van der Waals surface area contributed by atoms with Gasteiger partial charge in [0.15, 0.2) is 0 Å². The molecule has 1 aliphatic rings. The van der Waals surface area contributed by atoms with Crippen LogP contribution in [0.25, 0.3) is 22.0 Å². The highest BCUT2D eigenvalue weighted by atomic mass is 16.5. The van der Waals surface area contributed by atoms with Gasteiger partial charge in [-0.25, -0.2) is 9.97 Å².